The predicted molar refractivity (Wildman–Crippen MR) is 84.1 cm³/mol. The Labute approximate surface area is 131 Å². The van der Waals surface area contributed by atoms with E-state index in [-0.39, 0.29) is 17.9 Å². The summed E-state index contributed by atoms with van der Waals surface area (Å²) in [6, 6.07) is 10.1. The molecule has 2 aliphatic heterocycles. The third kappa shape index (κ3) is 3.84. The number of ether oxygens (including phenoxy) is 1. The molecule has 2 heterocycles. The SMILES string of the molecule is O=C(NCCN1CCOCC1)C1CNNC1c1ccccc1. The van der Waals surface area contributed by atoms with E-state index in [1.807, 2.05) is 18.2 Å². The molecule has 0 saturated carbocycles. The Morgan fingerprint density at radius 3 is 2.82 bits per heavy atom. The number of carbonyl (C=O) groups is 1. The van der Waals surface area contributed by atoms with E-state index < -0.39 is 0 Å². The average molecular weight is 304 g/mol. The van der Waals surface area contributed by atoms with Gasteiger partial charge < -0.3 is 10.1 Å². The highest BCUT2D eigenvalue weighted by Gasteiger charge is 2.33. The highest BCUT2D eigenvalue weighted by Crippen LogP contribution is 2.24. The van der Waals surface area contributed by atoms with Crippen LogP contribution in [0.5, 0.6) is 0 Å². The van der Waals surface area contributed by atoms with Crippen LogP contribution in [0.2, 0.25) is 0 Å². The summed E-state index contributed by atoms with van der Waals surface area (Å²) in [5, 5.41) is 3.07. The summed E-state index contributed by atoms with van der Waals surface area (Å²) < 4.78 is 5.33. The van der Waals surface area contributed by atoms with Gasteiger partial charge in [-0.25, -0.2) is 5.43 Å². The highest BCUT2D eigenvalue weighted by molar-refractivity contribution is 5.80. The number of hydrazine groups is 1. The summed E-state index contributed by atoms with van der Waals surface area (Å²) in [5.74, 6) is 0.0340. The molecule has 2 fully saturated rings. The molecule has 1 aromatic carbocycles. The Morgan fingerprint density at radius 1 is 1.27 bits per heavy atom. The second-order valence-electron chi connectivity index (χ2n) is 5.77. The minimum absolute atomic E-state index is 0.0320. The van der Waals surface area contributed by atoms with Crippen molar-refractivity contribution in [2.24, 2.45) is 5.92 Å². The number of amides is 1. The monoisotopic (exact) mass is 304 g/mol. The van der Waals surface area contributed by atoms with Gasteiger partial charge in [-0.2, -0.15) is 0 Å². The molecule has 1 amide bonds. The van der Waals surface area contributed by atoms with Gasteiger partial charge in [0.05, 0.1) is 25.2 Å². The number of nitrogens with zero attached hydrogens (tertiary/aromatic N) is 1. The summed E-state index contributed by atoms with van der Waals surface area (Å²) in [6.45, 7) is 5.73. The van der Waals surface area contributed by atoms with Crippen LogP contribution in [0, 0.1) is 5.92 Å². The van der Waals surface area contributed by atoms with Gasteiger partial charge in [-0.3, -0.25) is 15.1 Å². The van der Waals surface area contributed by atoms with E-state index in [0.29, 0.717) is 13.1 Å². The molecular formula is C16H24N4O2. The Hall–Kier alpha value is -1.47. The molecule has 2 aliphatic rings. The van der Waals surface area contributed by atoms with Crippen molar-refractivity contribution in [3.63, 3.8) is 0 Å². The van der Waals surface area contributed by atoms with Crippen LogP contribution in [0.25, 0.3) is 0 Å². The van der Waals surface area contributed by atoms with Crippen molar-refractivity contribution >= 4 is 5.91 Å². The fourth-order valence-corrected chi connectivity index (χ4v) is 3.01. The van der Waals surface area contributed by atoms with Crippen molar-refractivity contribution in [3.8, 4) is 0 Å². The van der Waals surface area contributed by atoms with E-state index in [0.717, 1.165) is 38.4 Å². The molecule has 120 valence electrons. The maximum atomic E-state index is 12.4. The van der Waals surface area contributed by atoms with E-state index in [2.05, 4.69) is 33.2 Å². The van der Waals surface area contributed by atoms with Gasteiger partial charge in [-0.05, 0) is 5.56 Å². The normalized spacial score (nSPS) is 26.0. The van der Waals surface area contributed by atoms with Gasteiger partial charge >= 0.3 is 0 Å². The standard InChI is InChI=1S/C16H24N4O2/c21-16(17-6-7-20-8-10-22-11-9-20)14-12-18-19-15(14)13-4-2-1-3-5-13/h1-5,14-15,18-19H,6-12H2,(H,17,21). The lowest BCUT2D eigenvalue weighted by molar-refractivity contribution is -0.125. The number of rotatable bonds is 5. The molecule has 0 aromatic heterocycles. The Kier molecular flexibility index (Phi) is 5.39. The summed E-state index contributed by atoms with van der Waals surface area (Å²) in [7, 11) is 0. The van der Waals surface area contributed by atoms with Gasteiger partial charge in [-0.1, -0.05) is 30.3 Å². The predicted octanol–water partition coefficient (Wildman–Crippen LogP) is -0.0999. The van der Waals surface area contributed by atoms with Crippen LogP contribution < -0.4 is 16.2 Å². The van der Waals surface area contributed by atoms with Crippen LogP contribution in [0.4, 0.5) is 0 Å². The Bertz CT molecular complexity index is 476. The van der Waals surface area contributed by atoms with Crippen LogP contribution in [0.15, 0.2) is 30.3 Å². The molecule has 3 rings (SSSR count). The molecule has 22 heavy (non-hydrogen) atoms. The number of nitrogens with one attached hydrogen (secondary N) is 3. The molecule has 2 saturated heterocycles. The number of morpholine rings is 1. The Morgan fingerprint density at radius 2 is 2.05 bits per heavy atom. The first-order chi connectivity index (χ1) is 10.8. The number of benzene rings is 1. The van der Waals surface area contributed by atoms with Crippen LogP contribution >= 0.6 is 0 Å². The largest absolute Gasteiger partial charge is 0.379 e. The molecule has 0 aliphatic carbocycles. The van der Waals surface area contributed by atoms with Crippen molar-refractivity contribution in [1.82, 2.24) is 21.1 Å². The summed E-state index contributed by atoms with van der Waals surface area (Å²) in [6.07, 6.45) is 0. The van der Waals surface area contributed by atoms with Crippen LogP contribution in [-0.2, 0) is 9.53 Å². The van der Waals surface area contributed by atoms with E-state index in [4.69, 9.17) is 4.74 Å². The van der Waals surface area contributed by atoms with Crippen molar-refractivity contribution in [2.45, 2.75) is 6.04 Å². The maximum Gasteiger partial charge on any atom is 0.226 e. The molecule has 0 bridgehead atoms. The molecule has 2 atom stereocenters. The van der Waals surface area contributed by atoms with Crippen LogP contribution in [0.3, 0.4) is 0 Å². The lowest BCUT2D eigenvalue weighted by Crippen LogP contribution is -2.43. The molecule has 6 nitrogen and oxygen atoms in total. The van der Waals surface area contributed by atoms with Gasteiger partial charge in [0.2, 0.25) is 5.91 Å². The minimum Gasteiger partial charge on any atom is -0.379 e. The van der Waals surface area contributed by atoms with Gasteiger partial charge in [0.15, 0.2) is 0 Å². The van der Waals surface area contributed by atoms with Crippen molar-refractivity contribution in [2.75, 3.05) is 45.9 Å². The first-order valence-electron chi connectivity index (χ1n) is 7.96. The quantitative estimate of drug-likeness (QED) is 0.709. The molecular weight excluding hydrogens is 280 g/mol. The molecule has 0 spiro atoms. The zero-order valence-corrected chi connectivity index (χ0v) is 12.8. The van der Waals surface area contributed by atoms with E-state index in [9.17, 15) is 4.79 Å². The lowest BCUT2D eigenvalue weighted by atomic mass is 9.94. The van der Waals surface area contributed by atoms with E-state index in [1.54, 1.807) is 0 Å². The summed E-state index contributed by atoms with van der Waals surface area (Å²) in [4.78, 5) is 14.8. The second kappa shape index (κ2) is 7.69. The Balaban J connectivity index is 1.48. The first-order valence-corrected chi connectivity index (χ1v) is 7.96. The van der Waals surface area contributed by atoms with E-state index in [1.165, 1.54) is 0 Å². The minimum atomic E-state index is -0.0768. The van der Waals surface area contributed by atoms with Gasteiger partial charge in [0.1, 0.15) is 0 Å². The van der Waals surface area contributed by atoms with Crippen molar-refractivity contribution in [1.29, 1.82) is 0 Å². The number of hydrogen-bond donors (Lipinski definition) is 3. The van der Waals surface area contributed by atoms with Gasteiger partial charge in [0, 0.05) is 32.7 Å². The van der Waals surface area contributed by atoms with E-state index >= 15 is 0 Å². The summed E-state index contributed by atoms with van der Waals surface area (Å²) in [5.41, 5.74) is 7.45. The van der Waals surface area contributed by atoms with Crippen molar-refractivity contribution in [3.05, 3.63) is 35.9 Å². The molecule has 0 radical (unpaired) electrons. The van der Waals surface area contributed by atoms with Crippen LogP contribution in [-0.4, -0.2) is 56.7 Å². The molecule has 1 aromatic rings. The fourth-order valence-electron chi connectivity index (χ4n) is 3.01. The fraction of sp³-hybridized carbons (Fsp3) is 0.562. The zero-order chi connectivity index (χ0) is 15.2. The third-order valence-corrected chi connectivity index (χ3v) is 4.31. The highest BCUT2D eigenvalue weighted by atomic mass is 16.5. The second-order valence-corrected chi connectivity index (χ2v) is 5.77. The zero-order valence-electron chi connectivity index (χ0n) is 12.8. The smallest absolute Gasteiger partial charge is 0.226 e. The first kappa shape index (κ1) is 15.4. The number of carbonyl (C=O) groups excluding carboxylic acids is 1. The molecule has 3 N–H and O–H groups in total. The average Bonchev–Trinajstić information content (AvgIpc) is 3.06. The topological polar surface area (TPSA) is 65.6 Å². The maximum absolute atomic E-state index is 12.4. The van der Waals surface area contributed by atoms with Crippen LogP contribution in [0.1, 0.15) is 11.6 Å². The number of hydrogen-bond acceptors (Lipinski definition) is 5. The lowest BCUT2D eigenvalue weighted by Gasteiger charge is -2.27. The van der Waals surface area contributed by atoms with Gasteiger partial charge in [-0.15, -0.1) is 0 Å². The third-order valence-electron chi connectivity index (χ3n) is 4.31. The molecule has 2 unspecified atom stereocenters. The molecule has 6 heteroatoms. The summed E-state index contributed by atoms with van der Waals surface area (Å²) >= 11 is 0. The van der Waals surface area contributed by atoms with Gasteiger partial charge in [0.25, 0.3) is 0 Å². The van der Waals surface area contributed by atoms with Crippen molar-refractivity contribution < 1.29 is 9.53 Å².